The van der Waals surface area contributed by atoms with E-state index < -0.39 is 5.66 Å². The predicted molar refractivity (Wildman–Crippen MR) is 291 cm³/mol. The fraction of sp³-hybridized carbons (Fsp3) is 0.0154. The van der Waals surface area contributed by atoms with Gasteiger partial charge in [-0.15, -0.1) is 0 Å². The fourth-order valence-electron chi connectivity index (χ4n) is 11.8. The van der Waals surface area contributed by atoms with Gasteiger partial charge < -0.3 is 0 Å². The number of hydrogen-bond donors (Lipinski definition) is 0. The normalized spacial score (nSPS) is 13.4. The summed E-state index contributed by atoms with van der Waals surface area (Å²) in [7, 11) is 0. The first-order valence-electron chi connectivity index (χ1n) is 24.1. The number of rotatable bonds is 6. The van der Waals surface area contributed by atoms with E-state index in [4.69, 9.17) is 19.9 Å². The summed E-state index contributed by atoms with van der Waals surface area (Å²) in [5, 5.41) is 8.80. The Hall–Kier alpha value is -9.52. The molecule has 15 rings (SSSR count). The Labute approximate surface area is 409 Å². The zero-order valence-electron chi connectivity index (χ0n) is 38.3. The summed E-state index contributed by atoms with van der Waals surface area (Å²) in [6, 6.07) is 86.7. The van der Waals surface area contributed by atoms with Crippen molar-refractivity contribution in [2.45, 2.75) is 5.66 Å². The molecule has 2 aromatic heterocycles. The minimum Gasteiger partial charge on any atom is -0.276 e. The minimum absolute atomic E-state index is 0.546. The van der Waals surface area contributed by atoms with Gasteiger partial charge in [-0.25, -0.2) is 19.9 Å². The molecule has 0 saturated heterocycles. The Morgan fingerprint density at radius 2 is 0.676 bits per heavy atom. The highest BCUT2D eigenvalue weighted by Crippen LogP contribution is 2.63. The molecule has 0 saturated carbocycles. The quantitative estimate of drug-likeness (QED) is 0.166. The summed E-state index contributed by atoms with van der Waals surface area (Å²) in [6.45, 7) is 0. The molecule has 0 atom stereocenters. The largest absolute Gasteiger partial charge is 0.276 e. The molecular weight excluding hydrogens is 865 g/mol. The highest BCUT2D eigenvalue weighted by atomic mass is 15.5. The second kappa shape index (κ2) is 15.2. The van der Waals surface area contributed by atoms with Crippen LogP contribution in [0.2, 0.25) is 0 Å². The Balaban J connectivity index is 1.18. The van der Waals surface area contributed by atoms with Crippen LogP contribution in [0.4, 0.5) is 23.3 Å². The van der Waals surface area contributed by atoms with E-state index in [1.165, 1.54) is 21.9 Å². The van der Waals surface area contributed by atoms with Gasteiger partial charge in [0.15, 0.2) is 5.66 Å². The summed E-state index contributed by atoms with van der Waals surface area (Å²) in [5.41, 5.74) is 12.7. The Bertz CT molecular complexity index is 4040. The molecule has 330 valence electrons. The van der Waals surface area contributed by atoms with Crippen LogP contribution in [0.5, 0.6) is 0 Å². The molecule has 11 aromatic carbocycles. The third kappa shape index (κ3) is 5.70. The van der Waals surface area contributed by atoms with Crippen molar-refractivity contribution in [3.8, 4) is 44.8 Å². The molecule has 1 aliphatic carbocycles. The van der Waals surface area contributed by atoms with Crippen molar-refractivity contribution in [2.24, 2.45) is 0 Å². The van der Waals surface area contributed by atoms with E-state index in [-0.39, 0.29) is 0 Å². The minimum atomic E-state index is -1.28. The SMILES string of the molecule is c1ccc(-c2nc(N3c4cc5c(cc4N(c4nc(-c6ccccc6)c6ccccc6n4)C3(c3cccc4ccccc34)c3cccc4ccccc34)-c3cccc4cccc-5c34)nc3ccccc23)cc1. The van der Waals surface area contributed by atoms with Crippen LogP contribution in [0.3, 0.4) is 0 Å². The van der Waals surface area contributed by atoms with Crippen LogP contribution in [0.15, 0.2) is 243 Å². The van der Waals surface area contributed by atoms with E-state index in [1.807, 2.05) is 0 Å². The Morgan fingerprint density at radius 3 is 1.15 bits per heavy atom. The fourth-order valence-corrected chi connectivity index (χ4v) is 11.8. The van der Waals surface area contributed by atoms with Crippen LogP contribution >= 0.6 is 0 Å². The average molecular weight is 905 g/mol. The Kier molecular flexibility index (Phi) is 8.47. The second-order valence-corrected chi connectivity index (χ2v) is 18.5. The summed E-state index contributed by atoms with van der Waals surface area (Å²) < 4.78 is 0. The van der Waals surface area contributed by atoms with E-state index >= 15 is 0 Å². The molecule has 0 fully saturated rings. The van der Waals surface area contributed by atoms with Crippen LogP contribution in [-0.4, -0.2) is 19.9 Å². The van der Waals surface area contributed by atoms with Crippen LogP contribution in [0.1, 0.15) is 11.1 Å². The third-order valence-electron chi connectivity index (χ3n) is 14.7. The molecule has 6 heteroatoms. The standard InChI is InChI=1S/C65H40N6/c1-3-21-44(22-4-1)61-50-31-11-13-37-56(50)66-63(68-61)70-58-39-52-48-33-15-27-43-28-16-34-49(60(43)48)53(52)40-59(58)71(64-67-57-38-14-12-32-51(57)62(69-64)45-23-5-2-6-24-45)65(70,54-35-17-25-41-19-7-9-29-46(41)54)55-36-18-26-42-20-8-10-30-47(42)55/h1-40H. The van der Waals surface area contributed by atoms with Gasteiger partial charge in [-0.3, -0.25) is 9.80 Å². The van der Waals surface area contributed by atoms with E-state index in [1.54, 1.807) is 0 Å². The van der Waals surface area contributed by atoms with E-state index in [9.17, 15) is 0 Å². The second-order valence-electron chi connectivity index (χ2n) is 18.5. The molecule has 0 amide bonds. The lowest BCUT2D eigenvalue weighted by Gasteiger charge is -2.46. The number of para-hydroxylation sites is 2. The number of nitrogens with zero attached hydrogens (tertiary/aromatic N) is 6. The van der Waals surface area contributed by atoms with Crippen molar-refractivity contribution >= 4 is 77.4 Å². The van der Waals surface area contributed by atoms with Gasteiger partial charge in [0.1, 0.15) is 0 Å². The number of aromatic nitrogens is 4. The van der Waals surface area contributed by atoms with E-state index in [0.29, 0.717) is 11.9 Å². The maximum Gasteiger partial charge on any atom is 0.233 e. The van der Waals surface area contributed by atoms with Crippen molar-refractivity contribution < 1.29 is 0 Å². The van der Waals surface area contributed by atoms with Gasteiger partial charge in [-0.05, 0) is 78.8 Å². The first kappa shape index (κ1) is 39.5. The van der Waals surface area contributed by atoms with Crippen molar-refractivity contribution in [1.82, 2.24) is 19.9 Å². The molecule has 71 heavy (non-hydrogen) atoms. The molecule has 2 aliphatic rings. The maximum absolute atomic E-state index is 5.82. The van der Waals surface area contributed by atoms with Crippen LogP contribution in [0, 0.1) is 0 Å². The van der Waals surface area contributed by atoms with Crippen molar-refractivity contribution in [3.63, 3.8) is 0 Å². The highest BCUT2D eigenvalue weighted by molar-refractivity contribution is 6.17. The summed E-state index contributed by atoms with van der Waals surface area (Å²) >= 11 is 0. The lowest BCUT2D eigenvalue weighted by atomic mass is 9.83. The molecule has 6 nitrogen and oxygen atoms in total. The Morgan fingerprint density at radius 1 is 0.296 bits per heavy atom. The average Bonchev–Trinajstić information content (AvgIpc) is 3.93. The van der Waals surface area contributed by atoms with Gasteiger partial charge in [0.2, 0.25) is 11.9 Å². The summed E-state index contributed by atoms with van der Waals surface area (Å²) in [6.07, 6.45) is 0. The summed E-state index contributed by atoms with van der Waals surface area (Å²) in [5.74, 6) is 1.09. The van der Waals surface area contributed by atoms with Gasteiger partial charge in [-0.1, -0.05) is 218 Å². The zero-order chi connectivity index (χ0) is 46.6. The maximum atomic E-state index is 5.82. The lowest BCUT2D eigenvalue weighted by Crippen LogP contribution is -2.53. The predicted octanol–water partition coefficient (Wildman–Crippen LogP) is 16.2. The molecule has 0 spiro atoms. The monoisotopic (exact) mass is 904 g/mol. The molecule has 1 aliphatic heterocycles. The zero-order valence-corrected chi connectivity index (χ0v) is 38.3. The number of anilines is 4. The molecular formula is C65H40N6. The molecule has 0 bridgehead atoms. The van der Waals surface area contributed by atoms with Crippen LogP contribution < -0.4 is 9.80 Å². The van der Waals surface area contributed by atoms with Crippen LogP contribution in [0.25, 0.3) is 98.9 Å². The van der Waals surface area contributed by atoms with E-state index in [2.05, 4.69) is 252 Å². The van der Waals surface area contributed by atoms with Gasteiger partial charge in [0, 0.05) is 33.0 Å². The van der Waals surface area contributed by atoms with Crippen molar-refractivity contribution in [3.05, 3.63) is 254 Å². The van der Waals surface area contributed by atoms with Gasteiger partial charge in [0.25, 0.3) is 0 Å². The number of fused-ring (bicyclic) bond motifs is 8. The first-order valence-corrected chi connectivity index (χ1v) is 24.1. The summed E-state index contributed by atoms with van der Waals surface area (Å²) in [4.78, 5) is 27.9. The van der Waals surface area contributed by atoms with Gasteiger partial charge in [0.05, 0.1) is 33.8 Å². The number of hydrogen-bond acceptors (Lipinski definition) is 6. The van der Waals surface area contributed by atoms with Gasteiger partial charge in [-0.2, -0.15) is 0 Å². The van der Waals surface area contributed by atoms with E-state index in [0.717, 1.165) is 99.5 Å². The lowest BCUT2D eigenvalue weighted by molar-refractivity contribution is 0.552. The smallest absolute Gasteiger partial charge is 0.233 e. The molecule has 0 radical (unpaired) electrons. The third-order valence-corrected chi connectivity index (χ3v) is 14.7. The molecule has 13 aromatic rings. The topological polar surface area (TPSA) is 58.0 Å². The van der Waals surface area contributed by atoms with Crippen LogP contribution in [-0.2, 0) is 5.66 Å². The first-order chi connectivity index (χ1) is 35.2. The number of benzene rings is 11. The molecule has 0 unspecified atom stereocenters. The molecule has 3 heterocycles. The molecule has 0 N–H and O–H groups in total. The highest BCUT2D eigenvalue weighted by Gasteiger charge is 2.58. The van der Waals surface area contributed by atoms with Crippen molar-refractivity contribution in [2.75, 3.05) is 9.80 Å². The van der Waals surface area contributed by atoms with Crippen molar-refractivity contribution in [1.29, 1.82) is 0 Å². The van der Waals surface area contributed by atoms with Gasteiger partial charge >= 0.3 is 0 Å².